The van der Waals surface area contributed by atoms with Crippen LogP contribution in [0.15, 0.2) is 18.3 Å². The van der Waals surface area contributed by atoms with Crippen molar-refractivity contribution in [3.8, 4) is 5.75 Å². The lowest BCUT2D eigenvalue weighted by molar-refractivity contribution is 0.0591. The third kappa shape index (κ3) is 1.55. The average molecular weight is 239 g/mol. The van der Waals surface area contributed by atoms with Gasteiger partial charge < -0.3 is 9.84 Å². The van der Waals surface area contributed by atoms with Gasteiger partial charge >= 0.3 is 5.97 Å². The van der Waals surface area contributed by atoms with E-state index < -0.39 is 5.97 Å². The van der Waals surface area contributed by atoms with Gasteiger partial charge in [-0.05, 0) is 12.1 Å². The number of halogens is 1. The Morgan fingerprint density at radius 3 is 3.00 bits per heavy atom. The first-order chi connectivity index (χ1) is 7.65. The van der Waals surface area contributed by atoms with Crippen LogP contribution in [0.5, 0.6) is 5.75 Å². The minimum absolute atomic E-state index is 0.0984. The van der Waals surface area contributed by atoms with Crippen molar-refractivity contribution >= 4 is 28.5 Å². The van der Waals surface area contributed by atoms with Crippen LogP contribution < -0.4 is 0 Å². The number of hydrogen-bond acceptors (Lipinski definition) is 5. The van der Waals surface area contributed by atoms with Crippen molar-refractivity contribution < 1.29 is 14.6 Å². The molecule has 0 radical (unpaired) electrons. The maximum atomic E-state index is 11.3. The summed E-state index contributed by atoms with van der Waals surface area (Å²) in [7, 11) is 1.19. The van der Waals surface area contributed by atoms with Crippen LogP contribution in [0.25, 0.3) is 10.9 Å². The topological polar surface area (TPSA) is 72.3 Å². The molecule has 0 fully saturated rings. The van der Waals surface area contributed by atoms with E-state index in [0.717, 1.165) is 0 Å². The Balaban J connectivity index is 2.80. The normalized spacial score (nSPS) is 10.4. The summed E-state index contributed by atoms with van der Waals surface area (Å²) in [5.41, 5.74) is -0.0124. The molecule has 0 aliphatic carbocycles. The number of aromatic nitrogens is 2. The first-order valence-corrected chi connectivity index (χ1v) is 4.74. The second-order valence-corrected chi connectivity index (χ2v) is 3.35. The van der Waals surface area contributed by atoms with Gasteiger partial charge in [-0.25, -0.2) is 9.78 Å². The average Bonchev–Trinajstić information content (AvgIpc) is 2.33. The molecule has 2 heterocycles. The summed E-state index contributed by atoms with van der Waals surface area (Å²) in [6, 6.07) is 3.31. The fraction of sp³-hybridized carbons (Fsp3) is 0.100. The molecule has 2 aromatic rings. The molecular weight excluding hydrogens is 232 g/mol. The smallest absolute Gasteiger partial charge is 0.360 e. The number of carbonyl (C=O) groups is 1. The lowest BCUT2D eigenvalue weighted by Crippen LogP contribution is -2.05. The Morgan fingerprint density at radius 1 is 1.56 bits per heavy atom. The summed E-state index contributed by atoms with van der Waals surface area (Å²) in [6.45, 7) is 0. The fourth-order valence-corrected chi connectivity index (χ4v) is 1.56. The van der Waals surface area contributed by atoms with E-state index in [9.17, 15) is 9.90 Å². The Labute approximate surface area is 95.7 Å². The monoisotopic (exact) mass is 238 g/mol. The van der Waals surface area contributed by atoms with Crippen LogP contribution >= 0.6 is 11.6 Å². The minimum Gasteiger partial charge on any atom is -0.504 e. The highest BCUT2D eigenvalue weighted by Crippen LogP contribution is 2.30. The second-order valence-electron chi connectivity index (χ2n) is 2.99. The van der Waals surface area contributed by atoms with E-state index in [0.29, 0.717) is 5.39 Å². The van der Waals surface area contributed by atoms with Crippen LogP contribution in [0, 0.1) is 0 Å². The lowest BCUT2D eigenvalue weighted by Gasteiger charge is -2.05. The third-order valence-electron chi connectivity index (χ3n) is 2.07. The molecule has 0 saturated carbocycles. The second kappa shape index (κ2) is 3.94. The summed E-state index contributed by atoms with van der Waals surface area (Å²) in [5.74, 6) is -1.08. The summed E-state index contributed by atoms with van der Waals surface area (Å²) < 4.78 is 4.47. The van der Waals surface area contributed by atoms with E-state index in [-0.39, 0.29) is 22.1 Å². The van der Waals surface area contributed by atoms with E-state index in [1.807, 2.05) is 0 Å². The molecule has 5 nitrogen and oxygen atoms in total. The number of carbonyl (C=O) groups excluding carboxylic acids is 1. The van der Waals surface area contributed by atoms with E-state index >= 15 is 0 Å². The van der Waals surface area contributed by atoms with Gasteiger partial charge in [0.25, 0.3) is 0 Å². The van der Waals surface area contributed by atoms with Crippen LogP contribution in [-0.4, -0.2) is 28.2 Å². The van der Waals surface area contributed by atoms with E-state index in [1.165, 1.54) is 13.3 Å². The first-order valence-electron chi connectivity index (χ1n) is 4.36. The molecule has 0 saturated heterocycles. The summed E-state index contributed by atoms with van der Waals surface area (Å²) in [4.78, 5) is 19.0. The molecule has 0 bridgehead atoms. The number of aromatic hydroxyl groups is 1. The highest BCUT2D eigenvalue weighted by molar-refractivity contribution is 6.34. The molecular formula is C10H7ClN2O3. The molecule has 0 atom stereocenters. The predicted molar refractivity (Wildman–Crippen MR) is 57.6 cm³/mol. The van der Waals surface area contributed by atoms with Crippen LogP contribution in [0.3, 0.4) is 0 Å². The van der Waals surface area contributed by atoms with Crippen LogP contribution in [0.1, 0.15) is 10.5 Å². The molecule has 0 aliphatic heterocycles. The fourth-order valence-electron chi connectivity index (χ4n) is 1.32. The molecule has 0 aliphatic rings. The molecule has 6 heteroatoms. The Kier molecular flexibility index (Phi) is 2.62. The standard InChI is InChI=1S/C10H7ClN2O3/c1-16-10(15)7-8(14)6-5(9(11)13-7)3-2-4-12-6/h2-4,14H,1H3. The number of ether oxygens (including phenoxy) is 1. The quantitative estimate of drug-likeness (QED) is 0.606. The van der Waals surface area contributed by atoms with E-state index in [4.69, 9.17) is 11.6 Å². The molecule has 82 valence electrons. The Bertz CT molecular complexity index is 571. The number of hydrogen-bond donors (Lipinski definition) is 1. The van der Waals surface area contributed by atoms with E-state index in [2.05, 4.69) is 14.7 Å². The largest absolute Gasteiger partial charge is 0.504 e. The minimum atomic E-state index is -0.757. The summed E-state index contributed by atoms with van der Waals surface area (Å²) in [6.07, 6.45) is 1.49. The van der Waals surface area contributed by atoms with Crippen LogP contribution in [0.2, 0.25) is 5.15 Å². The zero-order valence-electron chi connectivity index (χ0n) is 8.27. The molecule has 0 spiro atoms. The molecule has 2 rings (SSSR count). The number of pyridine rings is 2. The van der Waals surface area contributed by atoms with E-state index in [1.54, 1.807) is 12.1 Å². The molecule has 0 aromatic carbocycles. The van der Waals surface area contributed by atoms with Crippen molar-refractivity contribution in [2.75, 3.05) is 7.11 Å². The summed E-state index contributed by atoms with van der Waals surface area (Å²) >= 11 is 5.87. The maximum absolute atomic E-state index is 11.3. The summed E-state index contributed by atoms with van der Waals surface area (Å²) in [5, 5.41) is 10.4. The zero-order chi connectivity index (χ0) is 11.7. The van der Waals surface area contributed by atoms with Gasteiger partial charge in [-0.2, -0.15) is 0 Å². The van der Waals surface area contributed by atoms with Crippen LogP contribution in [-0.2, 0) is 4.74 Å². The van der Waals surface area contributed by atoms with Crippen molar-refractivity contribution in [3.63, 3.8) is 0 Å². The van der Waals surface area contributed by atoms with Gasteiger partial charge in [0.15, 0.2) is 11.4 Å². The van der Waals surface area contributed by atoms with Crippen molar-refractivity contribution in [1.29, 1.82) is 0 Å². The van der Waals surface area contributed by atoms with Gasteiger partial charge in [-0.1, -0.05) is 11.6 Å². The number of fused-ring (bicyclic) bond motifs is 1. The predicted octanol–water partition coefficient (Wildman–Crippen LogP) is 1.78. The highest BCUT2D eigenvalue weighted by Gasteiger charge is 2.19. The third-order valence-corrected chi connectivity index (χ3v) is 2.36. The zero-order valence-corrected chi connectivity index (χ0v) is 9.02. The van der Waals surface area contributed by atoms with Gasteiger partial charge in [0, 0.05) is 11.6 Å². The van der Waals surface area contributed by atoms with Crippen molar-refractivity contribution in [1.82, 2.24) is 9.97 Å². The van der Waals surface area contributed by atoms with Gasteiger partial charge in [-0.15, -0.1) is 0 Å². The number of rotatable bonds is 1. The Morgan fingerprint density at radius 2 is 2.31 bits per heavy atom. The van der Waals surface area contributed by atoms with Crippen molar-refractivity contribution in [3.05, 3.63) is 29.2 Å². The lowest BCUT2D eigenvalue weighted by atomic mass is 10.2. The molecule has 0 amide bonds. The SMILES string of the molecule is COC(=O)c1nc(Cl)c2cccnc2c1O. The molecule has 0 unspecified atom stereocenters. The van der Waals surface area contributed by atoms with Crippen molar-refractivity contribution in [2.45, 2.75) is 0 Å². The van der Waals surface area contributed by atoms with Gasteiger partial charge in [0.2, 0.25) is 0 Å². The maximum Gasteiger partial charge on any atom is 0.360 e. The number of nitrogens with zero attached hydrogens (tertiary/aromatic N) is 2. The highest BCUT2D eigenvalue weighted by atomic mass is 35.5. The van der Waals surface area contributed by atoms with Gasteiger partial charge in [0.05, 0.1) is 7.11 Å². The molecule has 16 heavy (non-hydrogen) atoms. The Hall–Kier alpha value is -1.88. The first kappa shape index (κ1) is 10.6. The molecule has 2 aromatic heterocycles. The van der Waals surface area contributed by atoms with Gasteiger partial charge in [-0.3, -0.25) is 4.98 Å². The molecule has 1 N–H and O–H groups in total. The number of esters is 1. The van der Waals surface area contributed by atoms with Crippen LogP contribution in [0.4, 0.5) is 0 Å². The van der Waals surface area contributed by atoms with Crippen molar-refractivity contribution in [2.24, 2.45) is 0 Å². The van der Waals surface area contributed by atoms with Gasteiger partial charge in [0.1, 0.15) is 10.7 Å². The number of methoxy groups -OCH3 is 1.